The molecule has 0 unspecified atom stereocenters. The summed E-state index contributed by atoms with van der Waals surface area (Å²) in [7, 11) is 10.0. The van der Waals surface area contributed by atoms with Gasteiger partial charge in [-0.25, -0.2) is 15.0 Å². The molecule has 0 aliphatic rings. The lowest BCUT2D eigenvalue weighted by Gasteiger charge is -2.16. The fraction of sp³-hybridized carbons (Fsp3) is 0.415. The van der Waals surface area contributed by atoms with Crippen molar-refractivity contribution in [1.82, 2.24) is 94.3 Å². The van der Waals surface area contributed by atoms with Crippen LogP contribution in [0.4, 0.5) is 23.0 Å². The Kier molecular flexibility index (Phi) is 33.7. The fourth-order valence-electron chi connectivity index (χ4n) is 12.9. The van der Waals surface area contributed by atoms with Gasteiger partial charge in [-0.3, -0.25) is 57.9 Å². The summed E-state index contributed by atoms with van der Waals surface area (Å²) in [5, 5.41) is 31.5. The van der Waals surface area contributed by atoms with Crippen molar-refractivity contribution in [2.75, 3.05) is 147 Å². The molecule has 39 nitrogen and oxygen atoms in total. The summed E-state index contributed by atoms with van der Waals surface area (Å²) in [5.74, 6) is -3.15. The quantitative estimate of drug-likeness (QED) is 0.0228. The Morgan fingerprint density at radius 2 is 0.975 bits per heavy atom. The van der Waals surface area contributed by atoms with E-state index in [1.54, 1.807) is 58.4 Å². The van der Waals surface area contributed by atoms with Crippen LogP contribution >= 0.6 is 0 Å². The van der Waals surface area contributed by atoms with Gasteiger partial charge < -0.3 is 114 Å². The molecule has 0 bridgehead atoms. The molecular weight excluding hydrogens is 1560 g/mol. The summed E-state index contributed by atoms with van der Waals surface area (Å²) in [5.41, 5.74) is 8.73. The number of hydrogen-bond donors (Lipinski definition) is 10. The van der Waals surface area contributed by atoms with Gasteiger partial charge in [-0.05, 0) is 102 Å². The summed E-state index contributed by atoms with van der Waals surface area (Å²) < 4.78 is 43.0. The number of ether oxygens (including phenoxy) is 5. The number of benzene rings is 1. The molecule has 0 saturated carbocycles. The topological polar surface area (TPSA) is 460 Å². The molecule has 10 N–H and O–H groups in total. The lowest BCUT2D eigenvalue weighted by molar-refractivity contribution is -0.122. The number of carbonyl (C=O) groups is 10. The van der Waals surface area contributed by atoms with Crippen molar-refractivity contribution < 1.29 is 76.2 Å². The van der Waals surface area contributed by atoms with Crippen LogP contribution in [0.1, 0.15) is 132 Å². The third-order valence-electron chi connectivity index (χ3n) is 19.2. The number of hydrogen-bond acceptors (Lipinski definition) is 23. The van der Waals surface area contributed by atoms with Crippen molar-refractivity contribution in [2.45, 2.75) is 65.3 Å². The maximum absolute atomic E-state index is 13.3. The molecule has 0 saturated heterocycles. The van der Waals surface area contributed by atoms with Crippen LogP contribution in [-0.4, -0.2) is 247 Å². The smallest absolute Gasteiger partial charge is 0.291 e. The third-order valence-corrected chi connectivity index (χ3v) is 19.2. The molecule has 0 radical (unpaired) electrons. The van der Waals surface area contributed by atoms with Crippen LogP contribution in [0.5, 0.6) is 0 Å². The van der Waals surface area contributed by atoms with E-state index in [1.807, 2.05) is 69.6 Å². The van der Waals surface area contributed by atoms with Gasteiger partial charge in [0.25, 0.3) is 35.4 Å². The number of amides is 10. The number of fused-ring (bicyclic) bond motifs is 1. The summed E-state index contributed by atoms with van der Waals surface area (Å²) in [6.45, 7) is 12.2. The Balaban J connectivity index is 0.482. The van der Waals surface area contributed by atoms with Crippen molar-refractivity contribution in [3.63, 3.8) is 0 Å². The minimum Gasteiger partial charge on any atom is -0.379 e. The standard InChI is InChI=1S/C82H105N23O16/c1-53-72(55(3)121-98-53)58-44-63-73(91-47-58)61(50-105(63)54(2)62-14-10-11-23-83-62)56-15-17-57(18-16-56)77(110)90-30-35-117-37-39-119-41-43-120-42-40-118-38-36-116-34-22-69(107)85-25-13-32-99(4)31-12-24-84-68(106)19-26-89-80(113)75-96-66(51-103(75)8)94-70(108)20-27-88-79(112)65-46-60(49-102(65)7)93-82(115)76-97-67(52-104(76)9)95-71(109)21-28-87-78(111)64-45-59(48-101(64)6)92-81(114)74-86-29-33-100(74)5/h10-11,14-18,23,29,33,44-52,54H,12-13,19-22,24-28,30-32,34-43H2,1-9H3,(H,84,106)(H,85,107)(H,87,111)(H,88,112)(H,89,113)(H,90,110)(H,92,114)(H,93,115)(H,94,108)(H,95,109)/t54-/m0/s1. The Morgan fingerprint density at radius 3 is 1.50 bits per heavy atom. The van der Waals surface area contributed by atoms with Gasteiger partial charge in [-0.15, -0.1) is 0 Å². The Bertz CT molecular complexity index is 5170. The zero-order chi connectivity index (χ0) is 86.3. The second-order valence-electron chi connectivity index (χ2n) is 28.5. The summed E-state index contributed by atoms with van der Waals surface area (Å²) >= 11 is 0. The van der Waals surface area contributed by atoms with Crippen LogP contribution in [0.25, 0.3) is 33.3 Å². The first-order valence-electron chi connectivity index (χ1n) is 39.7. The van der Waals surface area contributed by atoms with E-state index in [0.717, 1.165) is 63.4 Å². The Labute approximate surface area is 698 Å². The monoisotopic (exact) mass is 1670 g/mol. The minimum absolute atomic E-state index is 0.00329. The average Bonchev–Trinajstić information content (AvgIpc) is 1.61. The first-order valence-corrected chi connectivity index (χ1v) is 39.7. The zero-order valence-electron chi connectivity index (χ0n) is 69.4. The van der Waals surface area contributed by atoms with Crippen LogP contribution in [0.2, 0.25) is 0 Å². The Morgan fingerprint density at radius 1 is 0.463 bits per heavy atom. The van der Waals surface area contributed by atoms with E-state index in [2.05, 4.69) is 107 Å². The van der Waals surface area contributed by atoms with Crippen LogP contribution in [0.15, 0.2) is 121 Å². The van der Waals surface area contributed by atoms with E-state index >= 15 is 0 Å². The molecule has 1 aromatic carbocycles. The van der Waals surface area contributed by atoms with Gasteiger partial charge in [-0.2, -0.15) is 0 Å². The maximum atomic E-state index is 13.3. The number of pyridine rings is 2. The molecule has 9 heterocycles. The van der Waals surface area contributed by atoms with E-state index in [1.165, 1.54) is 55.2 Å². The van der Waals surface area contributed by atoms with Gasteiger partial charge in [0, 0.05) is 178 Å². The van der Waals surface area contributed by atoms with E-state index in [0.29, 0.717) is 103 Å². The molecule has 0 spiro atoms. The summed E-state index contributed by atoms with van der Waals surface area (Å²) in [6, 6.07) is 18.3. The molecule has 10 aromatic rings. The molecule has 10 amide bonds. The lowest BCUT2D eigenvalue weighted by Crippen LogP contribution is -2.33. The molecule has 0 aliphatic heterocycles. The second-order valence-corrected chi connectivity index (χ2v) is 28.5. The highest BCUT2D eigenvalue weighted by molar-refractivity contribution is 6.05. The SMILES string of the molecule is Cc1noc(C)c1-c1cnc2c(-c3ccc(C(=O)NCCOCCOCCOCCOCCOCCC(=O)NCCCN(C)CCCNC(=O)CCNC(=O)c4nc(NC(=O)CCNC(=O)c5cc(NC(=O)c6nc(NC(=O)CCNC(=O)c7cc(NC(=O)c8nccn8C)cn7C)cn6C)cn5C)cn4C)cc3)cn([C@@H](C)c3ccccn3)c2c1. The summed E-state index contributed by atoms with van der Waals surface area (Å²) in [4.78, 5) is 153. The van der Waals surface area contributed by atoms with E-state index < -0.39 is 41.4 Å². The molecular formula is C82H105N23O16. The largest absolute Gasteiger partial charge is 0.379 e. The highest BCUT2D eigenvalue weighted by Crippen LogP contribution is 2.37. The van der Waals surface area contributed by atoms with E-state index in [9.17, 15) is 47.9 Å². The molecule has 1 atom stereocenters. The highest BCUT2D eigenvalue weighted by Gasteiger charge is 2.25. The maximum Gasteiger partial charge on any atom is 0.291 e. The van der Waals surface area contributed by atoms with E-state index in [-0.39, 0.29) is 122 Å². The van der Waals surface area contributed by atoms with Crippen molar-refractivity contribution in [3.05, 3.63) is 168 Å². The van der Waals surface area contributed by atoms with Crippen molar-refractivity contribution in [2.24, 2.45) is 35.2 Å². The molecule has 0 aliphatic carbocycles. The first-order chi connectivity index (χ1) is 58.4. The molecule has 0 fully saturated rings. The molecule has 9 aromatic heterocycles. The molecule has 121 heavy (non-hydrogen) atoms. The van der Waals surface area contributed by atoms with Gasteiger partial charge >= 0.3 is 0 Å². The van der Waals surface area contributed by atoms with E-state index in [4.69, 9.17) is 33.2 Å². The highest BCUT2D eigenvalue weighted by atomic mass is 16.6. The normalized spacial score (nSPS) is 11.5. The number of nitrogens with one attached hydrogen (secondary N) is 10. The predicted molar refractivity (Wildman–Crippen MR) is 446 cm³/mol. The third kappa shape index (κ3) is 26.7. The molecule has 39 heteroatoms. The number of rotatable bonds is 49. The van der Waals surface area contributed by atoms with Crippen LogP contribution in [-0.2, 0) is 78.1 Å². The number of anilines is 4. The van der Waals surface area contributed by atoms with Crippen LogP contribution in [0, 0.1) is 13.8 Å². The van der Waals surface area contributed by atoms with Gasteiger partial charge in [0.2, 0.25) is 35.3 Å². The number of imidazole rings is 3. The Hall–Kier alpha value is -13.1. The van der Waals surface area contributed by atoms with Gasteiger partial charge in [0.15, 0.2) is 17.5 Å². The van der Waals surface area contributed by atoms with Crippen molar-refractivity contribution in [1.29, 1.82) is 0 Å². The van der Waals surface area contributed by atoms with Crippen LogP contribution in [0.3, 0.4) is 0 Å². The lowest BCUT2D eigenvalue weighted by atomic mass is 10.0. The van der Waals surface area contributed by atoms with Gasteiger partial charge in [0.05, 0.1) is 106 Å². The van der Waals surface area contributed by atoms with Gasteiger partial charge in [-0.1, -0.05) is 23.4 Å². The second kappa shape index (κ2) is 45.2. The number of aryl methyl sites for hydroxylation is 7. The van der Waals surface area contributed by atoms with Gasteiger partial charge in [0.1, 0.15) is 17.1 Å². The van der Waals surface area contributed by atoms with Crippen molar-refractivity contribution in [3.8, 4) is 22.3 Å². The molecule has 644 valence electrons. The molecule has 10 rings (SSSR count). The number of carbonyl (C=O) groups excluding carboxylic acids is 10. The summed E-state index contributed by atoms with van der Waals surface area (Å²) in [6.07, 6.45) is 16.2. The van der Waals surface area contributed by atoms with Crippen LogP contribution < -0.4 is 53.2 Å². The first kappa shape index (κ1) is 90.2. The average molecular weight is 1670 g/mol. The predicted octanol–water partition coefficient (Wildman–Crippen LogP) is 4.85. The minimum atomic E-state index is -0.640. The number of nitrogens with zero attached hydrogens (tertiary/aromatic N) is 13. The van der Waals surface area contributed by atoms with Crippen molar-refractivity contribution >= 4 is 93.1 Å². The zero-order valence-corrected chi connectivity index (χ0v) is 69.4. The fourth-order valence-corrected chi connectivity index (χ4v) is 12.9. The number of aromatic nitrogens is 12.